The van der Waals surface area contributed by atoms with E-state index in [1.165, 1.54) is 0 Å². The Morgan fingerprint density at radius 2 is 2.11 bits per heavy atom. The van der Waals surface area contributed by atoms with Crippen LogP contribution in [0, 0.1) is 0 Å². The van der Waals surface area contributed by atoms with Crippen molar-refractivity contribution in [2.75, 3.05) is 0 Å². The minimum Gasteiger partial charge on any atom is -0.529 e. The predicted octanol–water partition coefficient (Wildman–Crippen LogP) is -1.35. The van der Waals surface area contributed by atoms with Crippen LogP contribution in [-0.2, 0) is 4.65 Å². The topological polar surface area (TPSA) is 87.3 Å². The van der Waals surface area contributed by atoms with Crippen LogP contribution in [0.25, 0.3) is 0 Å². The Kier molecular flexibility index (Phi) is 1.36. The molecule has 4 nitrogen and oxygen atoms in total. The molecule has 9 heavy (non-hydrogen) atoms. The van der Waals surface area contributed by atoms with E-state index in [-0.39, 0.29) is 5.88 Å². The van der Waals surface area contributed by atoms with Gasteiger partial charge >= 0.3 is 7.05 Å². The molecule has 0 fully saturated rings. The minimum absolute atomic E-state index is 0.199. The fourth-order valence-electron chi connectivity index (χ4n) is 0.535. The van der Waals surface area contributed by atoms with Crippen molar-refractivity contribution in [3.8, 4) is 0 Å². The SMILES string of the molecule is NB1C=CC(N)=C(N)O1. The summed E-state index contributed by atoms with van der Waals surface area (Å²) in [5.41, 5.74) is 16.3. The molecule has 0 spiro atoms. The van der Waals surface area contributed by atoms with E-state index in [0.29, 0.717) is 5.70 Å². The van der Waals surface area contributed by atoms with Crippen LogP contribution in [0.4, 0.5) is 0 Å². The van der Waals surface area contributed by atoms with Crippen molar-refractivity contribution in [1.82, 2.24) is 0 Å². The molecule has 0 amide bonds. The molecule has 1 rings (SSSR count). The van der Waals surface area contributed by atoms with Crippen molar-refractivity contribution in [2.24, 2.45) is 17.1 Å². The van der Waals surface area contributed by atoms with Gasteiger partial charge in [0.05, 0.1) is 5.70 Å². The molecule has 5 heteroatoms. The molecule has 1 aliphatic rings. The Morgan fingerprint density at radius 3 is 2.56 bits per heavy atom. The van der Waals surface area contributed by atoms with Crippen LogP contribution in [0.15, 0.2) is 23.6 Å². The molecule has 6 N–H and O–H groups in total. The van der Waals surface area contributed by atoms with Gasteiger partial charge < -0.3 is 21.8 Å². The van der Waals surface area contributed by atoms with Crippen molar-refractivity contribution >= 4 is 7.05 Å². The van der Waals surface area contributed by atoms with Gasteiger partial charge in [-0.05, 0) is 6.08 Å². The van der Waals surface area contributed by atoms with Crippen molar-refractivity contribution in [2.45, 2.75) is 0 Å². The molecule has 0 aromatic carbocycles. The minimum atomic E-state index is -0.447. The molecular weight excluding hydrogens is 117 g/mol. The molecule has 0 saturated heterocycles. The Morgan fingerprint density at radius 1 is 1.44 bits per heavy atom. The van der Waals surface area contributed by atoms with Gasteiger partial charge in [0.2, 0.25) is 0 Å². The monoisotopic (exact) mass is 125 g/mol. The molecule has 1 aliphatic heterocycles. The van der Waals surface area contributed by atoms with Gasteiger partial charge in [-0.2, -0.15) is 0 Å². The van der Waals surface area contributed by atoms with Gasteiger partial charge in [0.15, 0.2) is 5.88 Å². The summed E-state index contributed by atoms with van der Waals surface area (Å²) in [5, 5.41) is 0. The number of hydrogen-bond donors (Lipinski definition) is 3. The molecule has 1 heterocycles. The van der Waals surface area contributed by atoms with E-state index in [4.69, 9.17) is 21.8 Å². The van der Waals surface area contributed by atoms with Crippen LogP contribution in [0.3, 0.4) is 0 Å². The summed E-state index contributed by atoms with van der Waals surface area (Å²) in [4.78, 5) is 0. The Balaban J connectivity index is 2.75. The van der Waals surface area contributed by atoms with E-state index in [0.717, 1.165) is 0 Å². The lowest BCUT2D eigenvalue weighted by atomic mass is 9.84. The average Bonchev–Trinajstić information content (AvgIpc) is 1.80. The lowest BCUT2D eigenvalue weighted by Gasteiger charge is -2.12. The van der Waals surface area contributed by atoms with Gasteiger partial charge in [0.1, 0.15) is 0 Å². The summed E-state index contributed by atoms with van der Waals surface area (Å²) < 4.78 is 4.82. The van der Waals surface area contributed by atoms with Crippen molar-refractivity contribution in [3.63, 3.8) is 0 Å². The van der Waals surface area contributed by atoms with Gasteiger partial charge in [0, 0.05) is 0 Å². The first-order chi connectivity index (χ1) is 4.20. The largest absolute Gasteiger partial charge is 0.529 e. The quantitative estimate of drug-likeness (QED) is 0.349. The van der Waals surface area contributed by atoms with Gasteiger partial charge in [-0.15, -0.1) is 0 Å². The highest BCUT2D eigenvalue weighted by Crippen LogP contribution is 2.02. The average molecular weight is 125 g/mol. The first kappa shape index (κ1) is 6.03. The van der Waals surface area contributed by atoms with Gasteiger partial charge in [-0.3, -0.25) is 0 Å². The van der Waals surface area contributed by atoms with E-state index in [9.17, 15) is 0 Å². The second-order valence-electron chi connectivity index (χ2n) is 1.76. The third-order valence-electron chi connectivity index (χ3n) is 1.01. The highest BCUT2D eigenvalue weighted by atomic mass is 16.5. The third-order valence-corrected chi connectivity index (χ3v) is 1.01. The molecule has 48 valence electrons. The first-order valence-corrected chi connectivity index (χ1v) is 2.56. The second kappa shape index (κ2) is 2.02. The normalized spacial score (nSPS) is 18.1. The van der Waals surface area contributed by atoms with Gasteiger partial charge in [0.25, 0.3) is 0 Å². The van der Waals surface area contributed by atoms with Crippen molar-refractivity contribution < 1.29 is 4.65 Å². The highest BCUT2D eigenvalue weighted by molar-refractivity contribution is 6.54. The summed E-state index contributed by atoms with van der Waals surface area (Å²) in [6.07, 6.45) is 1.63. The first-order valence-electron chi connectivity index (χ1n) is 2.56. The van der Waals surface area contributed by atoms with Crippen LogP contribution in [0.2, 0.25) is 0 Å². The molecule has 0 aromatic heterocycles. The Hall–Kier alpha value is -1.10. The van der Waals surface area contributed by atoms with Crippen LogP contribution in [0.5, 0.6) is 0 Å². The Bertz CT molecular complexity index is 177. The molecule has 0 atom stereocenters. The maximum absolute atomic E-state index is 5.33. The lowest BCUT2D eigenvalue weighted by molar-refractivity contribution is 0.424. The lowest BCUT2D eigenvalue weighted by Crippen LogP contribution is -2.33. The maximum atomic E-state index is 5.33. The molecule has 0 saturated carbocycles. The number of nitrogens with two attached hydrogens (primary N) is 3. The summed E-state index contributed by atoms with van der Waals surface area (Å²) in [7, 11) is -0.447. The van der Waals surface area contributed by atoms with Crippen LogP contribution in [0.1, 0.15) is 0 Å². The standard InChI is InChI=1S/C4H8BN3O/c6-3-1-2-5(8)9-4(3)7/h1-2H,6-8H2. The van der Waals surface area contributed by atoms with E-state index in [1.807, 2.05) is 0 Å². The summed E-state index contributed by atoms with van der Waals surface area (Å²) in [6, 6.07) is 0. The van der Waals surface area contributed by atoms with E-state index < -0.39 is 7.05 Å². The van der Waals surface area contributed by atoms with Gasteiger partial charge in [-0.1, -0.05) is 5.98 Å². The fraction of sp³-hybridized carbons (Fsp3) is 0. The molecule has 0 aromatic rings. The second-order valence-corrected chi connectivity index (χ2v) is 1.76. The molecule has 0 bridgehead atoms. The van der Waals surface area contributed by atoms with Crippen LogP contribution >= 0.6 is 0 Å². The predicted molar refractivity (Wildman–Crippen MR) is 35.6 cm³/mol. The third kappa shape index (κ3) is 1.17. The molecule has 0 radical (unpaired) electrons. The fourth-order valence-corrected chi connectivity index (χ4v) is 0.535. The summed E-state index contributed by atoms with van der Waals surface area (Å²) >= 11 is 0. The zero-order valence-corrected chi connectivity index (χ0v) is 4.87. The van der Waals surface area contributed by atoms with Crippen molar-refractivity contribution in [1.29, 1.82) is 0 Å². The molecule has 0 aliphatic carbocycles. The number of hydrogen-bond acceptors (Lipinski definition) is 4. The van der Waals surface area contributed by atoms with Crippen LogP contribution in [-0.4, -0.2) is 7.05 Å². The van der Waals surface area contributed by atoms with E-state index >= 15 is 0 Å². The maximum Gasteiger partial charge on any atom is 0.473 e. The highest BCUT2D eigenvalue weighted by Gasteiger charge is 2.13. The van der Waals surface area contributed by atoms with Gasteiger partial charge in [-0.25, -0.2) is 0 Å². The number of allylic oxidation sites excluding steroid dienone is 1. The van der Waals surface area contributed by atoms with E-state index in [1.54, 1.807) is 12.1 Å². The number of rotatable bonds is 0. The molecular formula is C4H8BN3O. The van der Waals surface area contributed by atoms with E-state index in [2.05, 4.69) is 0 Å². The zero-order chi connectivity index (χ0) is 6.85. The zero-order valence-electron chi connectivity index (χ0n) is 4.87. The van der Waals surface area contributed by atoms with Crippen molar-refractivity contribution in [3.05, 3.63) is 23.6 Å². The smallest absolute Gasteiger partial charge is 0.473 e. The van der Waals surface area contributed by atoms with Crippen LogP contribution < -0.4 is 17.1 Å². The summed E-state index contributed by atoms with van der Waals surface area (Å²) in [6.45, 7) is 0. The molecule has 0 unspecified atom stereocenters. The Labute approximate surface area is 53.5 Å². The summed E-state index contributed by atoms with van der Waals surface area (Å²) in [5.74, 6) is 1.83.